The van der Waals surface area contributed by atoms with Crippen LogP contribution < -0.4 is 16.4 Å². The Labute approximate surface area is 98.4 Å². The summed E-state index contributed by atoms with van der Waals surface area (Å²) in [5.41, 5.74) is 5.16. The first-order chi connectivity index (χ1) is 7.93. The van der Waals surface area contributed by atoms with Gasteiger partial charge >= 0.3 is 6.03 Å². The number of hydrogen-bond donors (Lipinski definition) is 3. The van der Waals surface area contributed by atoms with Crippen molar-refractivity contribution in [1.29, 1.82) is 0 Å². The highest BCUT2D eigenvalue weighted by Crippen LogP contribution is 2.34. The van der Waals surface area contributed by atoms with Crippen molar-refractivity contribution < 1.29 is 9.59 Å². The van der Waals surface area contributed by atoms with Crippen LogP contribution in [0.4, 0.5) is 10.6 Å². The lowest BCUT2D eigenvalue weighted by Gasteiger charge is -2.14. The highest BCUT2D eigenvalue weighted by atomic mass is 16.2. The van der Waals surface area contributed by atoms with Crippen molar-refractivity contribution in [2.75, 3.05) is 5.32 Å². The smallest absolute Gasteiger partial charge is 0.321 e. The molecule has 4 N–H and O–H groups in total. The van der Waals surface area contributed by atoms with Gasteiger partial charge in [-0.3, -0.25) is 14.8 Å². The molecule has 1 saturated carbocycles. The van der Waals surface area contributed by atoms with Crippen LogP contribution in [0.15, 0.2) is 6.07 Å². The second-order valence-electron chi connectivity index (χ2n) is 4.32. The van der Waals surface area contributed by atoms with E-state index in [0.717, 1.165) is 5.69 Å². The zero-order valence-electron chi connectivity index (χ0n) is 9.78. The summed E-state index contributed by atoms with van der Waals surface area (Å²) >= 11 is 0. The van der Waals surface area contributed by atoms with E-state index in [-0.39, 0.29) is 0 Å². The Morgan fingerprint density at radius 1 is 1.53 bits per heavy atom. The van der Waals surface area contributed by atoms with Gasteiger partial charge in [0.1, 0.15) is 11.4 Å². The van der Waals surface area contributed by atoms with Gasteiger partial charge in [0.25, 0.3) is 0 Å². The first-order valence-corrected chi connectivity index (χ1v) is 5.33. The van der Waals surface area contributed by atoms with Gasteiger partial charge in [-0.15, -0.1) is 0 Å². The van der Waals surface area contributed by atoms with Crippen molar-refractivity contribution in [3.63, 3.8) is 0 Å². The zero-order valence-corrected chi connectivity index (χ0v) is 9.78. The number of hydrogen-bond acceptors (Lipinski definition) is 3. The average molecular weight is 237 g/mol. The molecule has 0 radical (unpaired) electrons. The summed E-state index contributed by atoms with van der Waals surface area (Å²) in [5.74, 6) is 0.0779. The van der Waals surface area contributed by atoms with E-state index in [4.69, 9.17) is 5.73 Å². The van der Waals surface area contributed by atoms with Gasteiger partial charge in [-0.05, 0) is 19.8 Å². The second-order valence-corrected chi connectivity index (χ2v) is 4.32. The quantitative estimate of drug-likeness (QED) is 0.682. The molecule has 0 bridgehead atoms. The third kappa shape index (κ3) is 2.22. The molecule has 1 aromatic rings. The predicted octanol–water partition coefficient (Wildman–Crippen LogP) is -0.132. The summed E-state index contributed by atoms with van der Waals surface area (Å²) in [5, 5.41) is 9.30. The molecule has 7 nitrogen and oxygen atoms in total. The van der Waals surface area contributed by atoms with Crippen LogP contribution in [0, 0.1) is 6.92 Å². The van der Waals surface area contributed by atoms with Gasteiger partial charge in [0.2, 0.25) is 5.91 Å². The maximum absolute atomic E-state index is 11.7. The van der Waals surface area contributed by atoms with Crippen LogP contribution in [0.25, 0.3) is 0 Å². The van der Waals surface area contributed by atoms with Crippen molar-refractivity contribution in [2.45, 2.75) is 25.3 Å². The van der Waals surface area contributed by atoms with Crippen molar-refractivity contribution in [3.05, 3.63) is 11.8 Å². The Bertz CT molecular complexity index is 475. The molecular formula is C10H15N5O2. The molecular weight excluding hydrogens is 222 g/mol. The molecule has 0 spiro atoms. The molecule has 0 saturated heterocycles. The van der Waals surface area contributed by atoms with Crippen molar-refractivity contribution in [3.8, 4) is 0 Å². The SMILES string of the molecule is Cc1cc(NC(=O)NC2(C(N)=O)CC2)n(C)n1. The van der Waals surface area contributed by atoms with Crippen LogP contribution in [-0.2, 0) is 11.8 Å². The lowest BCUT2D eigenvalue weighted by atomic mass is 10.2. The van der Waals surface area contributed by atoms with Gasteiger partial charge in [-0.1, -0.05) is 0 Å². The molecule has 0 atom stereocenters. The normalized spacial score (nSPS) is 16.4. The fraction of sp³-hybridized carbons (Fsp3) is 0.500. The Balaban J connectivity index is 1.99. The number of aryl methyl sites for hydroxylation is 2. The minimum Gasteiger partial charge on any atom is -0.368 e. The van der Waals surface area contributed by atoms with Crippen LogP contribution in [0.3, 0.4) is 0 Å². The van der Waals surface area contributed by atoms with E-state index in [0.29, 0.717) is 18.7 Å². The number of aromatic nitrogens is 2. The summed E-state index contributed by atoms with van der Waals surface area (Å²) in [6.45, 7) is 1.83. The van der Waals surface area contributed by atoms with Gasteiger partial charge in [-0.25, -0.2) is 4.79 Å². The predicted molar refractivity (Wildman–Crippen MR) is 61.3 cm³/mol. The van der Waals surface area contributed by atoms with Crippen LogP contribution in [0.5, 0.6) is 0 Å². The number of amides is 3. The molecule has 2 rings (SSSR count). The molecule has 0 aromatic carbocycles. The summed E-state index contributed by atoms with van der Waals surface area (Å²) in [7, 11) is 1.73. The van der Waals surface area contributed by atoms with E-state index in [1.807, 2.05) is 6.92 Å². The summed E-state index contributed by atoms with van der Waals surface area (Å²) in [4.78, 5) is 22.8. The molecule has 0 aliphatic heterocycles. The minimum atomic E-state index is -0.849. The second kappa shape index (κ2) is 3.76. The lowest BCUT2D eigenvalue weighted by molar-refractivity contribution is -0.120. The Hall–Kier alpha value is -2.05. The fourth-order valence-corrected chi connectivity index (χ4v) is 1.65. The Morgan fingerprint density at radius 3 is 2.59 bits per heavy atom. The standard InChI is InChI=1S/C10H15N5O2/c1-6-5-7(15(2)14-6)12-9(17)13-10(3-4-10)8(11)16/h5H,3-4H2,1-2H3,(H2,11,16)(H2,12,13,17). The number of anilines is 1. The number of nitrogens with one attached hydrogen (secondary N) is 2. The van der Waals surface area contributed by atoms with Gasteiger partial charge in [0.15, 0.2) is 0 Å². The van der Waals surface area contributed by atoms with E-state index < -0.39 is 17.5 Å². The summed E-state index contributed by atoms with van der Waals surface area (Å²) < 4.78 is 1.55. The number of rotatable bonds is 3. The molecule has 0 unspecified atom stereocenters. The first kappa shape index (κ1) is 11.4. The van der Waals surface area contributed by atoms with Gasteiger partial charge in [0.05, 0.1) is 5.69 Å². The highest BCUT2D eigenvalue weighted by molar-refractivity contribution is 5.96. The van der Waals surface area contributed by atoms with E-state index in [1.54, 1.807) is 17.8 Å². The topological polar surface area (TPSA) is 102 Å². The van der Waals surface area contributed by atoms with Crippen LogP contribution >= 0.6 is 0 Å². The van der Waals surface area contributed by atoms with Crippen molar-refractivity contribution in [1.82, 2.24) is 15.1 Å². The number of nitrogens with zero attached hydrogens (tertiary/aromatic N) is 2. The number of carbonyl (C=O) groups excluding carboxylic acids is 2. The molecule has 92 valence electrons. The van der Waals surface area contributed by atoms with Gasteiger partial charge < -0.3 is 11.1 Å². The number of carbonyl (C=O) groups is 2. The molecule has 1 aromatic heterocycles. The average Bonchev–Trinajstić information content (AvgIpc) is 2.90. The lowest BCUT2D eigenvalue weighted by Crippen LogP contribution is -2.48. The molecule has 17 heavy (non-hydrogen) atoms. The molecule has 1 heterocycles. The highest BCUT2D eigenvalue weighted by Gasteiger charge is 2.50. The number of nitrogens with two attached hydrogens (primary N) is 1. The van der Waals surface area contributed by atoms with Crippen LogP contribution in [0.1, 0.15) is 18.5 Å². The maximum atomic E-state index is 11.7. The van der Waals surface area contributed by atoms with Crippen LogP contribution in [0.2, 0.25) is 0 Å². The van der Waals surface area contributed by atoms with Crippen LogP contribution in [-0.4, -0.2) is 27.3 Å². The molecule has 1 aliphatic carbocycles. The molecule has 1 fully saturated rings. The Kier molecular flexibility index (Phi) is 2.53. The summed E-state index contributed by atoms with van der Waals surface area (Å²) in [6.07, 6.45) is 1.19. The molecule has 7 heteroatoms. The van der Waals surface area contributed by atoms with Crippen molar-refractivity contribution >= 4 is 17.8 Å². The first-order valence-electron chi connectivity index (χ1n) is 5.33. The molecule has 3 amide bonds. The minimum absolute atomic E-state index is 0.440. The Morgan fingerprint density at radius 2 is 2.18 bits per heavy atom. The third-order valence-electron chi connectivity index (χ3n) is 2.82. The van der Waals surface area contributed by atoms with E-state index in [9.17, 15) is 9.59 Å². The molecule has 1 aliphatic rings. The van der Waals surface area contributed by atoms with Gasteiger partial charge in [0, 0.05) is 13.1 Å². The van der Waals surface area contributed by atoms with Gasteiger partial charge in [-0.2, -0.15) is 5.10 Å². The number of primary amides is 1. The largest absolute Gasteiger partial charge is 0.368 e. The monoisotopic (exact) mass is 237 g/mol. The van der Waals surface area contributed by atoms with E-state index in [1.165, 1.54) is 0 Å². The zero-order chi connectivity index (χ0) is 12.6. The van der Waals surface area contributed by atoms with Crippen molar-refractivity contribution in [2.24, 2.45) is 12.8 Å². The number of urea groups is 1. The fourth-order valence-electron chi connectivity index (χ4n) is 1.65. The summed E-state index contributed by atoms with van der Waals surface area (Å²) in [6, 6.07) is 1.30. The third-order valence-corrected chi connectivity index (χ3v) is 2.82. The maximum Gasteiger partial charge on any atom is 0.321 e. The van der Waals surface area contributed by atoms with E-state index >= 15 is 0 Å². The van der Waals surface area contributed by atoms with E-state index in [2.05, 4.69) is 15.7 Å².